The maximum atomic E-state index is 12.3. The molecule has 1 aromatic heterocycles. The van der Waals surface area contributed by atoms with Crippen LogP contribution < -0.4 is 5.73 Å². The van der Waals surface area contributed by atoms with E-state index in [2.05, 4.69) is 25.9 Å². The number of nitrogens with two attached hydrogens (primary N) is 1. The zero-order valence-electron chi connectivity index (χ0n) is 14.1. The lowest BCUT2D eigenvalue weighted by Crippen LogP contribution is -2.29. The van der Waals surface area contributed by atoms with Gasteiger partial charge in [-0.25, -0.2) is 0 Å². The average molecular weight is 294 g/mol. The third kappa shape index (κ3) is 5.87. The second kappa shape index (κ2) is 7.59. The molecule has 0 aliphatic heterocycles. The smallest absolute Gasteiger partial charge is 0.222 e. The highest BCUT2D eigenvalue weighted by Gasteiger charge is 2.24. The Bertz CT molecular complexity index is 447. The summed E-state index contributed by atoms with van der Waals surface area (Å²) in [5, 5.41) is 4.12. The first-order valence-corrected chi connectivity index (χ1v) is 7.65. The molecule has 1 rings (SSSR count). The van der Waals surface area contributed by atoms with Crippen LogP contribution in [0.15, 0.2) is 12.4 Å². The van der Waals surface area contributed by atoms with E-state index in [1.54, 1.807) is 15.8 Å². The van der Waals surface area contributed by atoms with Crippen LogP contribution in [0.2, 0.25) is 0 Å². The topological polar surface area (TPSA) is 64.2 Å². The Morgan fingerprint density at radius 3 is 2.57 bits per heavy atom. The van der Waals surface area contributed by atoms with E-state index in [4.69, 9.17) is 5.73 Å². The van der Waals surface area contributed by atoms with E-state index in [9.17, 15) is 4.79 Å². The molecule has 1 atom stereocenters. The average Bonchev–Trinajstić information content (AvgIpc) is 2.78. The molecule has 0 saturated carbocycles. The Morgan fingerprint density at radius 2 is 2.10 bits per heavy atom. The van der Waals surface area contributed by atoms with Gasteiger partial charge in [0.25, 0.3) is 0 Å². The molecule has 120 valence electrons. The van der Waals surface area contributed by atoms with E-state index >= 15 is 0 Å². The summed E-state index contributed by atoms with van der Waals surface area (Å²) in [5.41, 5.74) is 6.95. The Labute approximate surface area is 128 Å². The Balaban J connectivity index is 2.48. The molecule has 0 aliphatic carbocycles. The van der Waals surface area contributed by atoms with Gasteiger partial charge in [0.1, 0.15) is 0 Å². The van der Waals surface area contributed by atoms with Gasteiger partial charge in [-0.05, 0) is 30.7 Å². The molecule has 0 bridgehead atoms. The lowest BCUT2D eigenvalue weighted by molar-refractivity contribution is -0.130. The van der Waals surface area contributed by atoms with Crippen LogP contribution in [-0.2, 0) is 18.4 Å². The van der Waals surface area contributed by atoms with Gasteiger partial charge >= 0.3 is 0 Å². The van der Waals surface area contributed by atoms with Gasteiger partial charge < -0.3 is 10.6 Å². The molecule has 5 nitrogen and oxygen atoms in total. The molecule has 0 fully saturated rings. The molecule has 21 heavy (non-hydrogen) atoms. The first-order chi connectivity index (χ1) is 9.74. The number of carbonyl (C=O) groups is 1. The van der Waals surface area contributed by atoms with Crippen molar-refractivity contribution in [2.24, 2.45) is 24.1 Å². The summed E-state index contributed by atoms with van der Waals surface area (Å²) in [6.07, 6.45) is 6.20. The maximum Gasteiger partial charge on any atom is 0.222 e. The zero-order valence-corrected chi connectivity index (χ0v) is 14.1. The van der Waals surface area contributed by atoms with Crippen LogP contribution in [0.25, 0.3) is 0 Å². The van der Waals surface area contributed by atoms with Gasteiger partial charge in [0.05, 0.1) is 6.20 Å². The monoisotopic (exact) mass is 294 g/mol. The van der Waals surface area contributed by atoms with Crippen LogP contribution in [0.1, 0.15) is 45.6 Å². The van der Waals surface area contributed by atoms with Crippen molar-refractivity contribution in [3.8, 4) is 0 Å². The number of hydrogen-bond donors (Lipinski definition) is 1. The molecule has 2 N–H and O–H groups in total. The fraction of sp³-hybridized carbons (Fsp3) is 0.750. The summed E-state index contributed by atoms with van der Waals surface area (Å²) >= 11 is 0. The third-order valence-electron chi connectivity index (χ3n) is 4.05. The standard InChI is InChI=1S/C16H30N4O/c1-16(2,3)14(8-9-17)6-7-15(21)19(4)11-13-10-18-20(5)12-13/h10,12,14H,6-9,11,17H2,1-5H3. The van der Waals surface area contributed by atoms with Crippen molar-refractivity contribution in [2.45, 2.75) is 46.6 Å². The molecule has 1 unspecified atom stereocenters. The van der Waals surface area contributed by atoms with Crippen LogP contribution in [0.4, 0.5) is 0 Å². The summed E-state index contributed by atoms with van der Waals surface area (Å²) < 4.78 is 1.75. The van der Waals surface area contributed by atoms with Crippen molar-refractivity contribution in [1.29, 1.82) is 0 Å². The minimum atomic E-state index is 0.185. The van der Waals surface area contributed by atoms with Crippen molar-refractivity contribution < 1.29 is 4.79 Å². The molecule has 1 aromatic rings. The molecular formula is C16H30N4O. The highest BCUT2D eigenvalue weighted by Crippen LogP contribution is 2.32. The summed E-state index contributed by atoms with van der Waals surface area (Å²) in [4.78, 5) is 14.0. The van der Waals surface area contributed by atoms with Crippen molar-refractivity contribution >= 4 is 5.91 Å². The van der Waals surface area contributed by atoms with Gasteiger partial charge in [0, 0.05) is 38.8 Å². The van der Waals surface area contributed by atoms with E-state index in [0.29, 0.717) is 25.4 Å². The van der Waals surface area contributed by atoms with Crippen LogP contribution >= 0.6 is 0 Å². The normalized spacial score (nSPS) is 13.2. The Morgan fingerprint density at radius 1 is 1.43 bits per heavy atom. The second-order valence-electron chi connectivity index (χ2n) is 6.95. The molecule has 1 heterocycles. The molecular weight excluding hydrogens is 264 g/mol. The van der Waals surface area contributed by atoms with E-state index in [-0.39, 0.29) is 11.3 Å². The van der Waals surface area contributed by atoms with Gasteiger partial charge in [0.15, 0.2) is 0 Å². The maximum absolute atomic E-state index is 12.3. The van der Waals surface area contributed by atoms with Crippen molar-refractivity contribution in [1.82, 2.24) is 14.7 Å². The Kier molecular flexibility index (Phi) is 6.40. The molecule has 0 aromatic carbocycles. The summed E-state index contributed by atoms with van der Waals surface area (Å²) in [7, 11) is 3.73. The van der Waals surface area contributed by atoms with Gasteiger partial charge in [-0.15, -0.1) is 0 Å². The Hall–Kier alpha value is -1.36. The third-order valence-corrected chi connectivity index (χ3v) is 4.05. The summed E-state index contributed by atoms with van der Waals surface area (Å²) in [6.45, 7) is 7.96. The fourth-order valence-corrected chi connectivity index (χ4v) is 2.62. The highest BCUT2D eigenvalue weighted by atomic mass is 16.2. The van der Waals surface area contributed by atoms with Crippen LogP contribution in [-0.4, -0.2) is 34.2 Å². The van der Waals surface area contributed by atoms with Gasteiger partial charge in [0.2, 0.25) is 5.91 Å². The number of hydrogen-bond acceptors (Lipinski definition) is 3. The predicted octanol–water partition coefficient (Wildman–Crippen LogP) is 2.17. The van der Waals surface area contributed by atoms with Crippen LogP contribution in [0, 0.1) is 11.3 Å². The van der Waals surface area contributed by atoms with E-state index in [1.165, 1.54) is 0 Å². The lowest BCUT2D eigenvalue weighted by atomic mass is 9.76. The number of aromatic nitrogens is 2. The lowest BCUT2D eigenvalue weighted by Gasteiger charge is -2.31. The van der Waals surface area contributed by atoms with Gasteiger partial charge in [-0.1, -0.05) is 20.8 Å². The first-order valence-electron chi connectivity index (χ1n) is 7.65. The van der Waals surface area contributed by atoms with Crippen LogP contribution in [0.3, 0.4) is 0 Å². The number of nitrogens with zero attached hydrogens (tertiary/aromatic N) is 3. The minimum absolute atomic E-state index is 0.185. The minimum Gasteiger partial charge on any atom is -0.341 e. The second-order valence-corrected chi connectivity index (χ2v) is 6.95. The van der Waals surface area contributed by atoms with E-state index < -0.39 is 0 Å². The number of carbonyl (C=O) groups excluding carboxylic acids is 1. The number of amides is 1. The van der Waals surface area contributed by atoms with E-state index in [1.807, 2.05) is 20.3 Å². The summed E-state index contributed by atoms with van der Waals surface area (Å²) in [5.74, 6) is 0.670. The van der Waals surface area contributed by atoms with Crippen molar-refractivity contribution in [2.75, 3.05) is 13.6 Å². The molecule has 5 heteroatoms. The highest BCUT2D eigenvalue weighted by molar-refractivity contribution is 5.75. The van der Waals surface area contributed by atoms with Gasteiger partial charge in [-0.2, -0.15) is 5.10 Å². The van der Waals surface area contributed by atoms with Crippen molar-refractivity contribution in [3.63, 3.8) is 0 Å². The summed E-state index contributed by atoms with van der Waals surface area (Å²) in [6, 6.07) is 0. The van der Waals surface area contributed by atoms with Crippen LogP contribution in [0.5, 0.6) is 0 Å². The zero-order chi connectivity index (χ0) is 16.0. The largest absolute Gasteiger partial charge is 0.341 e. The predicted molar refractivity (Wildman–Crippen MR) is 85.5 cm³/mol. The molecule has 0 aliphatic rings. The van der Waals surface area contributed by atoms with Crippen molar-refractivity contribution in [3.05, 3.63) is 18.0 Å². The number of rotatable bonds is 7. The molecule has 0 saturated heterocycles. The van der Waals surface area contributed by atoms with E-state index in [0.717, 1.165) is 18.4 Å². The van der Waals surface area contributed by atoms with Gasteiger partial charge in [-0.3, -0.25) is 9.48 Å². The molecule has 0 radical (unpaired) electrons. The number of aryl methyl sites for hydroxylation is 1. The fourth-order valence-electron chi connectivity index (χ4n) is 2.62. The molecule has 0 spiro atoms. The first kappa shape index (κ1) is 17.7. The SMILES string of the molecule is CN(Cc1cnn(C)c1)C(=O)CCC(CCN)C(C)(C)C. The molecule has 1 amide bonds. The quantitative estimate of drug-likeness (QED) is 0.838.